The zero-order valence-electron chi connectivity index (χ0n) is 10.4. The number of anilines is 1. The molecule has 1 unspecified atom stereocenters. The normalized spacial score (nSPS) is 12.4. The van der Waals surface area contributed by atoms with Crippen molar-refractivity contribution in [1.29, 1.82) is 0 Å². The third-order valence-electron chi connectivity index (χ3n) is 3.04. The molecule has 0 aliphatic heterocycles. The van der Waals surface area contributed by atoms with Crippen molar-refractivity contribution in [1.82, 2.24) is 4.98 Å². The van der Waals surface area contributed by atoms with Gasteiger partial charge in [-0.2, -0.15) is 0 Å². The van der Waals surface area contributed by atoms with Crippen LogP contribution in [0.15, 0.2) is 29.8 Å². The van der Waals surface area contributed by atoms with Crippen LogP contribution in [0.25, 0.3) is 0 Å². The summed E-state index contributed by atoms with van der Waals surface area (Å²) in [6, 6.07) is 6.42. The topological polar surface area (TPSA) is 42.1 Å². The lowest BCUT2D eigenvalue weighted by atomic mass is 10.2. The molecule has 0 amide bonds. The Morgan fingerprint density at radius 1 is 1.56 bits per heavy atom. The number of nitrogens with zero attached hydrogens (tertiary/aromatic N) is 2. The summed E-state index contributed by atoms with van der Waals surface area (Å²) in [5.74, 6) is 0.890. The predicted octanol–water partition coefficient (Wildman–Crippen LogP) is 3.45. The molecular formula is C13H16ClN3S. The fourth-order valence-electron chi connectivity index (χ4n) is 1.74. The summed E-state index contributed by atoms with van der Waals surface area (Å²) in [4.78, 5) is 7.80. The SMILES string of the molecule is CC(c1cccs1)N(C)c1cc(CN)c(Cl)cn1. The van der Waals surface area contributed by atoms with Gasteiger partial charge in [0.15, 0.2) is 0 Å². The van der Waals surface area contributed by atoms with Gasteiger partial charge in [0, 0.05) is 24.7 Å². The number of hydrogen-bond donors (Lipinski definition) is 1. The zero-order chi connectivity index (χ0) is 13.1. The van der Waals surface area contributed by atoms with Crippen molar-refractivity contribution in [2.24, 2.45) is 5.73 Å². The average molecular weight is 282 g/mol. The van der Waals surface area contributed by atoms with E-state index < -0.39 is 0 Å². The standard InChI is InChI=1S/C13H16ClN3S/c1-9(12-4-3-5-18-12)17(2)13-6-10(7-15)11(14)8-16-13/h3-6,8-9H,7,15H2,1-2H3. The van der Waals surface area contributed by atoms with Crippen LogP contribution in [0.4, 0.5) is 5.82 Å². The third-order valence-corrected chi connectivity index (χ3v) is 4.42. The number of pyridine rings is 1. The summed E-state index contributed by atoms with van der Waals surface area (Å²) >= 11 is 7.77. The molecule has 5 heteroatoms. The molecule has 2 heterocycles. The molecule has 0 aliphatic rings. The van der Waals surface area contributed by atoms with Gasteiger partial charge in [0.05, 0.1) is 11.1 Å². The van der Waals surface area contributed by atoms with Crippen LogP contribution in [0, 0.1) is 0 Å². The summed E-state index contributed by atoms with van der Waals surface area (Å²) in [6.45, 7) is 2.58. The van der Waals surface area contributed by atoms with E-state index in [2.05, 4.69) is 34.3 Å². The van der Waals surface area contributed by atoms with Gasteiger partial charge in [-0.3, -0.25) is 0 Å². The Labute approximate surface area is 116 Å². The van der Waals surface area contributed by atoms with Crippen LogP contribution >= 0.6 is 22.9 Å². The number of thiophene rings is 1. The Bertz CT molecular complexity index is 513. The Hall–Kier alpha value is -1.10. The van der Waals surface area contributed by atoms with E-state index in [1.54, 1.807) is 17.5 Å². The summed E-state index contributed by atoms with van der Waals surface area (Å²) in [6.07, 6.45) is 1.66. The fourth-order valence-corrected chi connectivity index (χ4v) is 2.74. The Morgan fingerprint density at radius 2 is 2.33 bits per heavy atom. The molecule has 96 valence electrons. The largest absolute Gasteiger partial charge is 0.352 e. The van der Waals surface area contributed by atoms with Gasteiger partial charge in [-0.05, 0) is 30.0 Å². The highest BCUT2D eigenvalue weighted by molar-refractivity contribution is 7.10. The molecule has 2 N–H and O–H groups in total. The molecule has 2 aromatic heterocycles. The van der Waals surface area contributed by atoms with E-state index in [-0.39, 0.29) is 6.04 Å². The monoisotopic (exact) mass is 281 g/mol. The molecule has 0 fully saturated rings. The Morgan fingerprint density at radius 3 is 2.94 bits per heavy atom. The first kappa shape index (κ1) is 13.3. The van der Waals surface area contributed by atoms with Gasteiger partial charge < -0.3 is 10.6 Å². The van der Waals surface area contributed by atoms with Crippen molar-refractivity contribution in [3.8, 4) is 0 Å². The predicted molar refractivity (Wildman–Crippen MR) is 78.3 cm³/mol. The van der Waals surface area contributed by atoms with Gasteiger partial charge in [-0.15, -0.1) is 11.3 Å². The summed E-state index contributed by atoms with van der Waals surface area (Å²) in [5.41, 5.74) is 6.58. The van der Waals surface area contributed by atoms with Crippen LogP contribution in [0.1, 0.15) is 23.4 Å². The van der Waals surface area contributed by atoms with E-state index in [9.17, 15) is 0 Å². The molecule has 0 aliphatic carbocycles. The molecule has 0 saturated carbocycles. The molecule has 2 rings (SSSR count). The molecule has 0 spiro atoms. The second-order valence-corrected chi connectivity index (χ2v) is 5.53. The second kappa shape index (κ2) is 5.69. The summed E-state index contributed by atoms with van der Waals surface area (Å²) < 4.78 is 0. The zero-order valence-corrected chi connectivity index (χ0v) is 12.0. The van der Waals surface area contributed by atoms with Crippen LogP contribution in [-0.4, -0.2) is 12.0 Å². The minimum atomic E-state index is 0.282. The quantitative estimate of drug-likeness (QED) is 0.933. The van der Waals surface area contributed by atoms with Crippen LogP contribution < -0.4 is 10.6 Å². The van der Waals surface area contributed by atoms with Crippen molar-refractivity contribution < 1.29 is 0 Å². The van der Waals surface area contributed by atoms with Gasteiger partial charge in [-0.25, -0.2) is 4.98 Å². The van der Waals surface area contributed by atoms with Crippen molar-refractivity contribution in [2.45, 2.75) is 19.5 Å². The minimum Gasteiger partial charge on any atom is -0.352 e. The third kappa shape index (κ3) is 2.66. The molecule has 2 aromatic rings. The maximum Gasteiger partial charge on any atom is 0.129 e. The smallest absolute Gasteiger partial charge is 0.129 e. The first-order valence-electron chi connectivity index (χ1n) is 5.74. The lowest BCUT2D eigenvalue weighted by Gasteiger charge is -2.25. The van der Waals surface area contributed by atoms with E-state index in [0.717, 1.165) is 11.4 Å². The highest BCUT2D eigenvalue weighted by atomic mass is 35.5. The fraction of sp³-hybridized carbons (Fsp3) is 0.308. The molecule has 0 bridgehead atoms. The maximum atomic E-state index is 6.02. The summed E-state index contributed by atoms with van der Waals surface area (Å²) in [7, 11) is 2.03. The van der Waals surface area contributed by atoms with Gasteiger partial charge in [-0.1, -0.05) is 17.7 Å². The molecule has 18 heavy (non-hydrogen) atoms. The lowest BCUT2D eigenvalue weighted by molar-refractivity contribution is 0.741. The average Bonchev–Trinajstić information content (AvgIpc) is 2.91. The number of nitrogens with two attached hydrogens (primary N) is 1. The van der Waals surface area contributed by atoms with Crippen LogP contribution in [0.5, 0.6) is 0 Å². The van der Waals surface area contributed by atoms with Crippen molar-refractivity contribution in [3.05, 3.63) is 45.2 Å². The van der Waals surface area contributed by atoms with E-state index >= 15 is 0 Å². The van der Waals surface area contributed by atoms with Gasteiger partial charge in [0.1, 0.15) is 5.82 Å². The second-order valence-electron chi connectivity index (χ2n) is 4.14. The van der Waals surface area contributed by atoms with Crippen LogP contribution in [0.2, 0.25) is 5.02 Å². The molecule has 1 atom stereocenters. The van der Waals surface area contributed by atoms with Gasteiger partial charge >= 0.3 is 0 Å². The molecule has 0 saturated heterocycles. The van der Waals surface area contributed by atoms with E-state index in [1.165, 1.54) is 4.88 Å². The first-order chi connectivity index (χ1) is 8.63. The van der Waals surface area contributed by atoms with Crippen molar-refractivity contribution >= 4 is 28.8 Å². The first-order valence-corrected chi connectivity index (χ1v) is 7.00. The van der Waals surface area contributed by atoms with Gasteiger partial charge in [0.25, 0.3) is 0 Å². The highest BCUT2D eigenvalue weighted by Crippen LogP contribution is 2.28. The molecule has 0 aromatic carbocycles. The molecule has 0 radical (unpaired) electrons. The van der Waals surface area contributed by atoms with Crippen LogP contribution in [0.3, 0.4) is 0 Å². The van der Waals surface area contributed by atoms with Gasteiger partial charge in [0.2, 0.25) is 0 Å². The summed E-state index contributed by atoms with van der Waals surface area (Å²) in [5, 5.41) is 2.71. The highest BCUT2D eigenvalue weighted by Gasteiger charge is 2.15. The number of hydrogen-bond acceptors (Lipinski definition) is 4. The maximum absolute atomic E-state index is 6.02. The van der Waals surface area contributed by atoms with E-state index in [4.69, 9.17) is 17.3 Å². The lowest BCUT2D eigenvalue weighted by Crippen LogP contribution is -2.22. The van der Waals surface area contributed by atoms with Crippen molar-refractivity contribution in [3.63, 3.8) is 0 Å². The minimum absolute atomic E-state index is 0.282. The Kier molecular flexibility index (Phi) is 4.22. The Balaban J connectivity index is 2.25. The van der Waals surface area contributed by atoms with E-state index in [1.807, 2.05) is 13.1 Å². The number of halogens is 1. The van der Waals surface area contributed by atoms with Crippen LogP contribution in [-0.2, 0) is 6.54 Å². The number of rotatable bonds is 4. The molecule has 3 nitrogen and oxygen atoms in total. The van der Waals surface area contributed by atoms with Crippen molar-refractivity contribution in [2.75, 3.05) is 11.9 Å². The van der Waals surface area contributed by atoms with E-state index in [0.29, 0.717) is 11.6 Å². The molecular weight excluding hydrogens is 266 g/mol. The number of aromatic nitrogens is 1.